The molecule has 0 radical (unpaired) electrons. The fraction of sp³-hybridized carbons (Fsp3) is 0.154. The molecule has 0 aliphatic rings. The van der Waals surface area contributed by atoms with Gasteiger partial charge in [-0.2, -0.15) is 9.78 Å². The fourth-order valence-electron chi connectivity index (χ4n) is 3.50. The van der Waals surface area contributed by atoms with E-state index in [9.17, 15) is 14.4 Å². The summed E-state index contributed by atoms with van der Waals surface area (Å²) in [5.74, 6) is -1.16. The minimum atomic E-state index is -0.768. The molecule has 1 heterocycles. The fourth-order valence-corrected chi connectivity index (χ4v) is 3.50. The quantitative estimate of drug-likeness (QED) is 0.335. The number of benzene rings is 3. The minimum Gasteiger partial charge on any atom is -0.451 e. The molecule has 0 bridgehead atoms. The number of aromatic nitrogens is 2. The monoisotopic (exact) mass is 441 g/mol. The number of para-hydroxylation sites is 1. The van der Waals surface area contributed by atoms with Gasteiger partial charge in [0.1, 0.15) is 0 Å². The Morgan fingerprint density at radius 3 is 2.21 bits per heavy atom. The predicted molar refractivity (Wildman–Crippen MR) is 125 cm³/mol. The van der Waals surface area contributed by atoms with Gasteiger partial charge in [0.25, 0.3) is 11.5 Å². The number of ether oxygens (including phenoxy) is 1. The Labute approximate surface area is 190 Å². The lowest BCUT2D eigenvalue weighted by Gasteiger charge is -2.11. The average Bonchev–Trinajstić information content (AvgIpc) is 2.87. The molecule has 0 saturated carbocycles. The van der Waals surface area contributed by atoms with E-state index in [2.05, 4.69) is 10.4 Å². The van der Waals surface area contributed by atoms with Gasteiger partial charge in [0.05, 0.1) is 11.1 Å². The van der Waals surface area contributed by atoms with E-state index < -0.39 is 18.5 Å². The zero-order valence-corrected chi connectivity index (χ0v) is 17.9. The number of carbonyl (C=O) groups excluding carboxylic acids is 2. The zero-order valence-electron chi connectivity index (χ0n) is 17.9. The van der Waals surface area contributed by atoms with Gasteiger partial charge in [-0.05, 0) is 36.6 Å². The molecule has 4 rings (SSSR count). The molecule has 0 fully saturated rings. The van der Waals surface area contributed by atoms with Crippen molar-refractivity contribution in [2.24, 2.45) is 0 Å². The first kappa shape index (κ1) is 22.0. The first-order valence-electron chi connectivity index (χ1n) is 10.7. The van der Waals surface area contributed by atoms with Crippen LogP contribution >= 0.6 is 0 Å². The van der Waals surface area contributed by atoms with Crippen LogP contribution in [0.25, 0.3) is 16.5 Å². The Balaban J connectivity index is 1.43. The Morgan fingerprint density at radius 1 is 0.848 bits per heavy atom. The topological polar surface area (TPSA) is 90.3 Å². The Morgan fingerprint density at radius 2 is 1.48 bits per heavy atom. The van der Waals surface area contributed by atoms with Gasteiger partial charge < -0.3 is 10.1 Å². The molecule has 1 amide bonds. The molecule has 0 spiro atoms. The van der Waals surface area contributed by atoms with Crippen LogP contribution in [0.2, 0.25) is 0 Å². The highest BCUT2D eigenvalue weighted by Crippen LogP contribution is 2.16. The van der Waals surface area contributed by atoms with E-state index in [4.69, 9.17) is 4.74 Å². The minimum absolute atomic E-state index is 0.0223. The van der Waals surface area contributed by atoms with Crippen molar-refractivity contribution in [2.75, 3.05) is 13.2 Å². The van der Waals surface area contributed by atoms with Gasteiger partial charge in [0.2, 0.25) is 0 Å². The average molecular weight is 441 g/mol. The molecule has 0 aliphatic carbocycles. The van der Waals surface area contributed by atoms with Crippen LogP contribution in [0.5, 0.6) is 0 Å². The second-order valence-electron chi connectivity index (χ2n) is 7.46. The van der Waals surface area contributed by atoms with Gasteiger partial charge in [0.15, 0.2) is 12.3 Å². The van der Waals surface area contributed by atoms with Crippen molar-refractivity contribution in [1.29, 1.82) is 0 Å². The number of hydrogen-bond donors (Lipinski definition) is 1. The van der Waals surface area contributed by atoms with Crippen LogP contribution in [-0.4, -0.2) is 34.8 Å². The van der Waals surface area contributed by atoms with Gasteiger partial charge in [-0.25, -0.2) is 4.79 Å². The van der Waals surface area contributed by atoms with Crippen molar-refractivity contribution in [2.45, 2.75) is 12.8 Å². The number of rotatable bonds is 8. The van der Waals surface area contributed by atoms with Crippen LogP contribution in [0.1, 0.15) is 22.5 Å². The summed E-state index contributed by atoms with van der Waals surface area (Å²) in [6.07, 6.45) is 1.62. The molecular weight excluding hydrogens is 418 g/mol. The van der Waals surface area contributed by atoms with E-state index in [0.29, 0.717) is 23.0 Å². The first-order chi connectivity index (χ1) is 16.1. The molecule has 1 N–H and O–H groups in total. The summed E-state index contributed by atoms with van der Waals surface area (Å²) >= 11 is 0. The lowest BCUT2D eigenvalue weighted by molar-refractivity contribution is -0.124. The molecule has 0 unspecified atom stereocenters. The Bertz CT molecular complexity index is 1320. The SMILES string of the molecule is O=C(COC(=O)c1nn(-c2ccccc2)c(=O)c2ccccc12)NCCCc1ccccc1. The number of aryl methyl sites for hydroxylation is 1. The smallest absolute Gasteiger partial charge is 0.359 e. The third-order valence-corrected chi connectivity index (χ3v) is 5.14. The molecular formula is C26H23N3O4. The maximum Gasteiger partial charge on any atom is 0.359 e. The summed E-state index contributed by atoms with van der Waals surface area (Å²) in [4.78, 5) is 37.8. The van der Waals surface area contributed by atoms with Gasteiger partial charge >= 0.3 is 5.97 Å². The van der Waals surface area contributed by atoms with Crippen LogP contribution in [0.4, 0.5) is 0 Å². The van der Waals surface area contributed by atoms with Crippen LogP contribution in [-0.2, 0) is 16.0 Å². The van der Waals surface area contributed by atoms with Crippen LogP contribution in [0.3, 0.4) is 0 Å². The van der Waals surface area contributed by atoms with Crippen molar-refractivity contribution >= 4 is 22.6 Å². The number of carbonyl (C=O) groups is 2. The summed E-state index contributed by atoms with van der Waals surface area (Å²) in [7, 11) is 0. The van der Waals surface area contributed by atoms with Crippen molar-refractivity contribution < 1.29 is 14.3 Å². The third-order valence-electron chi connectivity index (χ3n) is 5.14. The highest BCUT2D eigenvalue weighted by Gasteiger charge is 2.19. The molecule has 166 valence electrons. The van der Waals surface area contributed by atoms with Crippen molar-refractivity contribution in [1.82, 2.24) is 15.1 Å². The molecule has 33 heavy (non-hydrogen) atoms. The molecule has 0 aliphatic heterocycles. The van der Waals surface area contributed by atoms with Gasteiger partial charge in [-0.15, -0.1) is 0 Å². The third kappa shape index (κ3) is 5.33. The molecule has 0 atom stereocenters. The van der Waals surface area contributed by atoms with Crippen LogP contribution in [0.15, 0.2) is 89.7 Å². The Hall–Kier alpha value is -4.26. The summed E-state index contributed by atoms with van der Waals surface area (Å²) < 4.78 is 6.38. The van der Waals surface area contributed by atoms with Crippen molar-refractivity contribution in [3.05, 3.63) is 107 Å². The molecule has 4 aromatic rings. The van der Waals surface area contributed by atoms with Crippen molar-refractivity contribution in [3.63, 3.8) is 0 Å². The largest absolute Gasteiger partial charge is 0.451 e. The number of amides is 1. The number of esters is 1. The number of nitrogens with one attached hydrogen (secondary N) is 1. The molecule has 7 nitrogen and oxygen atoms in total. The maximum absolute atomic E-state index is 12.9. The standard InChI is InChI=1S/C26H23N3O4/c30-23(27-17-9-12-19-10-3-1-4-11-19)18-33-26(32)24-21-15-7-8-16-22(21)25(31)29(28-24)20-13-5-2-6-14-20/h1-8,10-11,13-16H,9,12,17-18H2,(H,27,30). The number of nitrogens with zero attached hydrogens (tertiary/aromatic N) is 2. The lowest BCUT2D eigenvalue weighted by Crippen LogP contribution is -2.31. The second kappa shape index (κ2) is 10.4. The number of hydrogen-bond acceptors (Lipinski definition) is 5. The highest BCUT2D eigenvalue weighted by atomic mass is 16.5. The van der Waals surface area contributed by atoms with Gasteiger partial charge in [-0.1, -0.05) is 66.7 Å². The second-order valence-corrected chi connectivity index (χ2v) is 7.46. The summed E-state index contributed by atoms with van der Waals surface area (Å²) in [6, 6.07) is 25.5. The molecule has 1 aromatic heterocycles. The summed E-state index contributed by atoms with van der Waals surface area (Å²) in [5.41, 5.74) is 1.36. The van der Waals surface area contributed by atoms with E-state index in [1.807, 2.05) is 36.4 Å². The molecule has 3 aromatic carbocycles. The normalized spacial score (nSPS) is 10.7. The predicted octanol–water partition coefficient (Wildman–Crippen LogP) is 3.29. The van der Waals surface area contributed by atoms with Crippen LogP contribution in [0, 0.1) is 0 Å². The summed E-state index contributed by atoms with van der Waals surface area (Å²) in [5, 5.41) is 7.73. The van der Waals surface area contributed by atoms with E-state index in [0.717, 1.165) is 12.8 Å². The van der Waals surface area contributed by atoms with E-state index in [-0.39, 0.29) is 11.3 Å². The van der Waals surface area contributed by atoms with E-state index in [1.165, 1.54) is 10.2 Å². The zero-order chi connectivity index (χ0) is 23.0. The lowest BCUT2D eigenvalue weighted by atomic mass is 10.1. The van der Waals surface area contributed by atoms with E-state index in [1.54, 1.807) is 48.5 Å². The molecule has 0 saturated heterocycles. The van der Waals surface area contributed by atoms with Crippen molar-refractivity contribution in [3.8, 4) is 5.69 Å². The Kier molecular flexibility index (Phi) is 6.90. The maximum atomic E-state index is 12.9. The van der Waals surface area contributed by atoms with Crippen LogP contribution < -0.4 is 10.9 Å². The molecule has 7 heteroatoms. The van der Waals surface area contributed by atoms with Gasteiger partial charge in [0, 0.05) is 11.9 Å². The summed E-state index contributed by atoms with van der Waals surface area (Å²) in [6.45, 7) is 0.0516. The highest BCUT2D eigenvalue weighted by molar-refractivity contribution is 6.02. The van der Waals surface area contributed by atoms with Gasteiger partial charge in [-0.3, -0.25) is 9.59 Å². The first-order valence-corrected chi connectivity index (χ1v) is 10.7. The number of fused-ring (bicyclic) bond motifs is 1. The van der Waals surface area contributed by atoms with E-state index >= 15 is 0 Å².